The summed E-state index contributed by atoms with van der Waals surface area (Å²) < 4.78 is 17.2. The molecule has 1 aromatic carbocycles. The van der Waals surface area contributed by atoms with Crippen molar-refractivity contribution in [1.29, 1.82) is 0 Å². The monoisotopic (exact) mass is 779 g/mol. The SMILES string of the molecule is C=Cc1ccc(COC(C)(C)CCO)cc1.CC(C)CCOC(=O)C(CC(C)(C)C(C)(C)C(CC(C)(C)C)C(=O)OC(C)(C)CO)C(C)(C)C.CC(C)CO. The molecule has 322 valence electrons. The first-order valence-corrected chi connectivity index (χ1v) is 20.4. The number of hydrogen-bond donors (Lipinski definition) is 3. The van der Waals surface area contributed by atoms with Gasteiger partial charge in [0.2, 0.25) is 0 Å². The normalized spacial score (nSPS) is 13.9. The fourth-order valence-electron chi connectivity index (χ4n) is 5.48. The first kappa shape index (κ1) is 54.8. The molecule has 0 bridgehead atoms. The molecule has 0 fully saturated rings. The van der Waals surface area contributed by atoms with Crippen LogP contribution in [0.25, 0.3) is 6.08 Å². The Morgan fingerprint density at radius 3 is 1.62 bits per heavy atom. The largest absolute Gasteiger partial charge is 0.465 e. The average molecular weight is 779 g/mol. The lowest BCUT2D eigenvalue weighted by Gasteiger charge is -2.50. The molecule has 0 amide bonds. The van der Waals surface area contributed by atoms with Crippen LogP contribution in [0.2, 0.25) is 0 Å². The standard InChI is InChI=1S/C29H56O5.C14H20O2.C4H10O/c1-20(2)15-16-33-23(31)21(26(6,7)8)18-27(9,10)29(13,14)22(17-25(3,4)5)24(32)34-28(11,12)19-30;1-4-12-5-7-13(8-6-12)11-16-14(2,3)9-10-15;1-4(2)3-5/h20-22,30H,15-19H2,1-14H3;4-8,15H,1,9-11H2,2-3H3;4-5H,3H2,1-2H3. The van der Waals surface area contributed by atoms with E-state index in [0.29, 0.717) is 50.9 Å². The minimum absolute atomic E-state index is 0.0976. The molecule has 2 unspecified atom stereocenters. The van der Waals surface area contributed by atoms with Crippen molar-refractivity contribution in [2.45, 2.75) is 168 Å². The average Bonchev–Trinajstić information content (AvgIpc) is 3.04. The highest BCUT2D eigenvalue weighted by molar-refractivity contribution is 5.75. The van der Waals surface area contributed by atoms with Gasteiger partial charge >= 0.3 is 11.9 Å². The van der Waals surface area contributed by atoms with E-state index in [0.717, 1.165) is 17.5 Å². The van der Waals surface area contributed by atoms with Crippen LogP contribution in [0.1, 0.15) is 161 Å². The molecule has 55 heavy (non-hydrogen) atoms. The maximum Gasteiger partial charge on any atom is 0.310 e. The Hall–Kier alpha value is -2.26. The van der Waals surface area contributed by atoms with E-state index in [2.05, 4.69) is 89.7 Å². The van der Waals surface area contributed by atoms with Crippen molar-refractivity contribution in [3.63, 3.8) is 0 Å². The molecule has 0 aromatic heterocycles. The molecule has 2 atom stereocenters. The molecule has 1 rings (SSSR count). The van der Waals surface area contributed by atoms with E-state index >= 15 is 0 Å². The Bertz CT molecular complexity index is 1230. The molecular weight excluding hydrogens is 693 g/mol. The summed E-state index contributed by atoms with van der Waals surface area (Å²) >= 11 is 0. The summed E-state index contributed by atoms with van der Waals surface area (Å²) in [7, 11) is 0. The molecular formula is C47H86O8. The zero-order chi connectivity index (χ0) is 43.6. The molecule has 0 aliphatic carbocycles. The predicted octanol–water partition coefficient (Wildman–Crippen LogP) is 10.7. The van der Waals surface area contributed by atoms with Crippen LogP contribution in [-0.4, -0.2) is 64.9 Å². The molecule has 1 aromatic rings. The molecule has 0 radical (unpaired) electrons. The second kappa shape index (κ2) is 23.8. The summed E-state index contributed by atoms with van der Waals surface area (Å²) in [6.45, 7) is 41.7. The van der Waals surface area contributed by atoms with Gasteiger partial charge in [-0.3, -0.25) is 9.59 Å². The Balaban J connectivity index is 0. The van der Waals surface area contributed by atoms with Crippen LogP contribution in [0.3, 0.4) is 0 Å². The van der Waals surface area contributed by atoms with E-state index in [1.165, 1.54) is 0 Å². The summed E-state index contributed by atoms with van der Waals surface area (Å²) in [6.07, 6.45) is 4.56. The zero-order valence-electron chi connectivity index (χ0n) is 38.7. The van der Waals surface area contributed by atoms with Crippen molar-refractivity contribution in [2.75, 3.05) is 26.4 Å². The highest BCUT2D eigenvalue weighted by Crippen LogP contribution is 2.53. The first-order valence-electron chi connectivity index (χ1n) is 20.4. The number of aliphatic hydroxyl groups is 3. The third kappa shape index (κ3) is 22.9. The highest BCUT2D eigenvalue weighted by atomic mass is 16.6. The molecule has 8 nitrogen and oxygen atoms in total. The summed E-state index contributed by atoms with van der Waals surface area (Å²) in [5.74, 6) is -0.231. The van der Waals surface area contributed by atoms with Gasteiger partial charge in [0, 0.05) is 13.2 Å². The van der Waals surface area contributed by atoms with Gasteiger partial charge in [-0.05, 0) is 98.0 Å². The molecule has 3 N–H and O–H groups in total. The summed E-state index contributed by atoms with van der Waals surface area (Å²) in [5, 5.41) is 26.7. The molecule has 0 aliphatic rings. The summed E-state index contributed by atoms with van der Waals surface area (Å²) in [5.41, 5.74) is -0.200. The maximum absolute atomic E-state index is 13.5. The molecule has 0 saturated carbocycles. The Kier molecular flexibility index (Phi) is 23.8. The van der Waals surface area contributed by atoms with Crippen molar-refractivity contribution < 1.29 is 39.1 Å². The van der Waals surface area contributed by atoms with Crippen LogP contribution < -0.4 is 0 Å². The van der Waals surface area contributed by atoms with Gasteiger partial charge in [-0.15, -0.1) is 0 Å². The highest BCUT2D eigenvalue weighted by Gasteiger charge is 2.51. The number of carbonyl (C=O) groups is 2. The minimum atomic E-state index is -0.943. The van der Waals surface area contributed by atoms with E-state index in [1.54, 1.807) is 13.8 Å². The lowest BCUT2D eigenvalue weighted by molar-refractivity contribution is -0.176. The number of ether oxygens (including phenoxy) is 3. The van der Waals surface area contributed by atoms with Gasteiger partial charge in [0.1, 0.15) is 5.60 Å². The fraction of sp³-hybridized carbons (Fsp3) is 0.787. The van der Waals surface area contributed by atoms with Crippen LogP contribution in [0, 0.1) is 45.3 Å². The van der Waals surface area contributed by atoms with E-state index < -0.39 is 16.9 Å². The Morgan fingerprint density at radius 2 is 1.24 bits per heavy atom. The van der Waals surface area contributed by atoms with Gasteiger partial charge in [0.25, 0.3) is 0 Å². The minimum Gasteiger partial charge on any atom is -0.465 e. The van der Waals surface area contributed by atoms with E-state index in [-0.39, 0.29) is 52.9 Å². The summed E-state index contributed by atoms with van der Waals surface area (Å²) in [6, 6.07) is 8.10. The van der Waals surface area contributed by atoms with Crippen molar-refractivity contribution >= 4 is 18.0 Å². The third-order valence-corrected chi connectivity index (χ3v) is 10.4. The van der Waals surface area contributed by atoms with Crippen LogP contribution in [-0.2, 0) is 30.4 Å². The van der Waals surface area contributed by atoms with Gasteiger partial charge in [-0.1, -0.05) is 134 Å². The fourth-order valence-corrected chi connectivity index (χ4v) is 5.48. The topological polar surface area (TPSA) is 123 Å². The van der Waals surface area contributed by atoms with Crippen LogP contribution in [0.15, 0.2) is 30.8 Å². The quantitative estimate of drug-likeness (QED) is 0.119. The molecule has 8 heteroatoms. The number of hydrogen-bond acceptors (Lipinski definition) is 8. The van der Waals surface area contributed by atoms with Gasteiger partial charge < -0.3 is 29.5 Å². The third-order valence-electron chi connectivity index (χ3n) is 10.4. The van der Waals surface area contributed by atoms with Crippen LogP contribution in [0.5, 0.6) is 0 Å². The Morgan fingerprint density at radius 1 is 0.727 bits per heavy atom. The zero-order valence-corrected chi connectivity index (χ0v) is 38.7. The van der Waals surface area contributed by atoms with E-state index in [4.69, 9.17) is 24.4 Å². The number of benzene rings is 1. The lowest BCUT2D eigenvalue weighted by atomic mass is 9.54. The van der Waals surface area contributed by atoms with Crippen LogP contribution in [0.4, 0.5) is 0 Å². The number of carbonyl (C=O) groups excluding carboxylic acids is 2. The number of rotatable bonds is 19. The predicted molar refractivity (Wildman–Crippen MR) is 229 cm³/mol. The lowest BCUT2D eigenvalue weighted by Crippen LogP contribution is -2.49. The van der Waals surface area contributed by atoms with Crippen molar-refractivity contribution in [2.24, 2.45) is 45.3 Å². The second-order valence-corrected chi connectivity index (χ2v) is 20.8. The second-order valence-electron chi connectivity index (χ2n) is 20.8. The molecule has 0 heterocycles. The number of aliphatic hydroxyl groups excluding tert-OH is 3. The molecule has 0 spiro atoms. The van der Waals surface area contributed by atoms with Gasteiger partial charge in [-0.25, -0.2) is 0 Å². The van der Waals surface area contributed by atoms with Crippen molar-refractivity contribution in [1.82, 2.24) is 0 Å². The first-order chi connectivity index (χ1) is 24.8. The van der Waals surface area contributed by atoms with E-state index in [1.807, 2.05) is 58.0 Å². The van der Waals surface area contributed by atoms with Crippen molar-refractivity contribution in [3.05, 3.63) is 42.0 Å². The number of esters is 2. The Labute approximate surface area is 338 Å². The van der Waals surface area contributed by atoms with Gasteiger partial charge in [0.05, 0.1) is 37.3 Å². The van der Waals surface area contributed by atoms with Gasteiger partial charge in [-0.2, -0.15) is 0 Å². The smallest absolute Gasteiger partial charge is 0.310 e. The van der Waals surface area contributed by atoms with E-state index in [9.17, 15) is 14.7 Å². The van der Waals surface area contributed by atoms with Crippen molar-refractivity contribution in [3.8, 4) is 0 Å². The summed E-state index contributed by atoms with van der Waals surface area (Å²) in [4.78, 5) is 26.7. The molecule has 0 saturated heterocycles. The van der Waals surface area contributed by atoms with Gasteiger partial charge in [0.15, 0.2) is 0 Å². The maximum atomic E-state index is 13.5. The van der Waals surface area contributed by atoms with Crippen LogP contribution >= 0.6 is 0 Å². The molecule has 0 aliphatic heterocycles.